The molecule has 0 aliphatic carbocycles. The molecule has 0 amide bonds. The van der Waals surface area contributed by atoms with Gasteiger partial charge in [0.2, 0.25) is 0 Å². The molecule has 0 aromatic heterocycles. The van der Waals surface area contributed by atoms with Crippen LogP contribution in [-0.4, -0.2) is 12.4 Å². The van der Waals surface area contributed by atoms with Crippen molar-refractivity contribution in [2.75, 3.05) is 0 Å². The lowest BCUT2D eigenvalue weighted by Crippen LogP contribution is -2.11. The molecule has 0 rings (SSSR count). The molecular weight excluding hydrogens is 215 g/mol. The number of nitrogens with zero attached hydrogens (tertiary/aromatic N) is 1. The van der Waals surface area contributed by atoms with E-state index in [1.165, 1.54) is 26.1 Å². The summed E-state index contributed by atoms with van der Waals surface area (Å²) in [6.07, 6.45) is 0.827. The molecule has 0 saturated heterocycles. The number of allylic oxidation sites excluding steroid dienone is 4. The Kier molecular flexibility index (Phi) is 9.96. The van der Waals surface area contributed by atoms with Gasteiger partial charge >= 0.3 is 6.18 Å². The molecule has 1 nitrogen and oxygen atoms in total. The number of hydrogen-bond donors (Lipinski definition) is 0. The van der Waals surface area contributed by atoms with Crippen LogP contribution in [0.15, 0.2) is 28.4 Å². The Bertz CT molecular complexity index is 256. The zero-order valence-electron chi connectivity index (χ0n) is 10.5. The van der Waals surface area contributed by atoms with Crippen molar-refractivity contribution in [1.29, 1.82) is 0 Å². The molecule has 0 aromatic carbocycles. The van der Waals surface area contributed by atoms with Gasteiger partial charge in [-0.05, 0) is 31.9 Å². The van der Waals surface area contributed by atoms with Crippen molar-refractivity contribution in [3.8, 4) is 0 Å². The highest BCUT2D eigenvalue weighted by Gasteiger charge is 2.34. The fourth-order valence-electron chi connectivity index (χ4n) is 0.800. The van der Waals surface area contributed by atoms with E-state index in [4.69, 9.17) is 0 Å². The average Bonchev–Trinajstić information content (AvgIpc) is 2.18. The summed E-state index contributed by atoms with van der Waals surface area (Å²) < 4.78 is 36.9. The van der Waals surface area contributed by atoms with Gasteiger partial charge in [0.15, 0.2) is 0 Å². The van der Waals surface area contributed by atoms with Crippen LogP contribution in [0.3, 0.4) is 0 Å². The van der Waals surface area contributed by atoms with Crippen LogP contribution in [0.4, 0.5) is 13.2 Å². The molecule has 0 aliphatic heterocycles. The van der Waals surface area contributed by atoms with E-state index < -0.39 is 11.9 Å². The monoisotopic (exact) mass is 235 g/mol. The Morgan fingerprint density at radius 1 is 1.19 bits per heavy atom. The fourth-order valence-corrected chi connectivity index (χ4v) is 0.800. The maximum absolute atomic E-state index is 12.3. The first-order valence-corrected chi connectivity index (χ1v) is 5.33. The smallest absolute Gasteiger partial charge is 0.252 e. The minimum atomic E-state index is -4.37. The number of hydrogen-bond acceptors (Lipinski definition) is 1. The second-order valence-electron chi connectivity index (χ2n) is 2.96. The van der Waals surface area contributed by atoms with Crippen LogP contribution in [0, 0.1) is 0 Å². The minimum absolute atomic E-state index is 0.165. The predicted molar refractivity (Wildman–Crippen MR) is 63.7 cm³/mol. The first-order chi connectivity index (χ1) is 7.39. The third kappa shape index (κ3) is 8.26. The molecule has 0 saturated carbocycles. The third-order valence-corrected chi connectivity index (χ3v) is 1.40. The van der Waals surface area contributed by atoms with Gasteiger partial charge in [-0.15, -0.1) is 0 Å². The summed E-state index contributed by atoms with van der Waals surface area (Å²) in [5.74, 6) is 0. The largest absolute Gasteiger partial charge is 0.433 e. The van der Waals surface area contributed by atoms with E-state index in [-0.39, 0.29) is 5.57 Å². The van der Waals surface area contributed by atoms with Crippen LogP contribution in [0.2, 0.25) is 0 Å². The first kappa shape index (κ1) is 17.3. The lowest BCUT2D eigenvalue weighted by Gasteiger charge is -2.07. The van der Waals surface area contributed by atoms with Crippen LogP contribution >= 0.6 is 0 Å². The Balaban J connectivity index is 0. The van der Waals surface area contributed by atoms with Gasteiger partial charge in [-0.2, -0.15) is 13.2 Å². The molecule has 0 atom stereocenters. The average molecular weight is 235 g/mol. The van der Waals surface area contributed by atoms with E-state index >= 15 is 0 Å². The van der Waals surface area contributed by atoms with Gasteiger partial charge in [0.25, 0.3) is 0 Å². The van der Waals surface area contributed by atoms with Gasteiger partial charge in [0.05, 0.1) is 0 Å². The number of alkyl halides is 3. The van der Waals surface area contributed by atoms with Crippen molar-refractivity contribution >= 4 is 6.21 Å². The van der Waals surface area contributed by atoms with Gasteiger partial charge in [-0.1, -0.05) is 26.8 Å². The molecule has 0 radical (unpaired) electrons. The molecular formula is C12H20F3N. The molecule has 0 bridgehead atoms. The number of rotatable bonds is 3. The van der Waals surface area contributed by atoms with Crippen molar-refractivity contribution in [3.05, 3.63) is 23.4 Å². The van der Waals surface area contributed by atoms with Gasteiger partial charge < -0.3 is 0 Å². The van der Waals surface area contributed by atoms with E-state index in [9.17, 15) is 13.2 Å². The Labute approximate surface area is 95.8 Å². The quantitative estimate of drug-likeness (QED) is 0.616. The van der Waals surface area contributed by atoms with E-state index in [1.54, 1.807) is 6.08 Å². The Morgan fingerprint density at radius 2 is 1.69 bits per heavy atom. The molecule has 0 fully saturated rings. The predicted octanol–water partition coefficient (Wildman–Crippen LogP) is 4.91. The molecule has 0 aromatic rings. The van der Waals surface area contributed by atoms with Crippen molar-refractivity contribution in [2.45, 2.75) is 47.2 Å². The molecule has 0 N–H and O–H groups in total. The van der Waals surface area contributed by atoms with Gasteiger partial charge in [0.1, 0.15) is 5.70 Å². The lowest BCUT2D eigenvalue weighted by atomic mass is 10.2. The van der Waals surface area contributed by atoms with Gasteiger partial charge in [0, 0.05) is 6.21 Å². The van der Waals surface area contributed by atoms with Crippen LogP contribution < -0.4 is 0 Å². The molecule has 0 unspecified atom stereocenters. The summed E-state index contributed by atoms with van der Waals surface area (Å²) in [5.41, 5.74) is -0.656. The molecule has 4 heteroatoms. The highest BCUT2D eigenvalue weighted by Crippen LogP contribution is 2.28. The SMILES string of the molecule is CC.CC/C=C/C=NC(=C(C)C)C(F)(F)F. The summed E-state index contributed by atoms with van der Waals surface area (Å²) in [4.78, 5) is 3.37. The summed E-state index contributed by atoms with van der Waals surface area (Å²) in [7, 11) is 0. The van der Waals surface area contributed by atoms with Crippen LogP contribution in [-0.2, 0) is 0 Å². The van der Waals surface area contributed by atoms with Crippen LogP contribution in [0.5, 0.6) is 0 Å². The van der Waals surface area contributed by atoms with Crippen LogP contribution in [0.25, 0.3) is 0 Å². The Hall–Kier alpha value is -1.06. The molecule has 0 spiro atoms. The third-order valence-electron chi connectivity index (χ3n) is 1.40. The standard InChI is InChI=1S/C10H14F3N.C2H6/c1-4-5-6-7-14-9(8(2)3)10(11,12)13;1-2/h5-7H,4H2,1-3H3;1-2H3/b6-5+,14-7?;. The molecule has 0 heterocycles. The van der Waals surface area contributed by atoms with Crippen molar-refractivity contribution < 1.29 is 13.2 Å². The zero-order valence-corrected chi connectivity index (χ0v) is 10.5. The van der Waals surface area contributed by atoms with Crippen LogP contribution in [0.1, 0.15) is 41.0 Å². The highest BCUT2D eigenvalue weighted by atomic mass is 19.4. The van der Waals surface area contributed by atoms with Gasteiger partial charge in [-0.3, -0.25) is 4.99 Å². The molecule has 94 valence electrons. The lowest BCUT2D eigenvalue weighted by molar-refractivity contribution is -0.0930. The Morgan fingerprint density at radius 3 is 2.00 bits per heavy atom. The minimum Gasteiger partial charge on any atom is -0.252 e. The summed E-state index contributed by atoms with van der Waals surface area (Å²) in [6.45, 7) is 8.68. The van der Waals surface area contributed by atoms with E-state index in [2.05, 4.69) is 4.99 Å². The van der Waals surface area contributed by atoms with E-state index in [0.717, 1.165) is 6.42 Å². The first-order valence-electron chi connectivity index (χ1n) is 5.33. The van der Waals surface area contributed by atoms with Crippen molar-refractivity contribution in [1.82, 2.24) is 0 Å². The normalized spacial score (nSPS) is 11.5. The topological polar surface area (TPSA) is 12.4 Å². The second-order valence-corrected chi connectivity index (χ2v) is 2.96. The zero-order chi connectivity index (χ0) is 13.2. The summed E-state index contributed by atoms with van der Waals surface area (Å²) in [5, 5.41) is 0. The second kappa shape index (κ2) is 9.19. The highest BCUT2D eigenvalue weighted by molar-refractivity contribution is 5.72. The molecule has 0 aliphatic rings. The number of halogens is 3. The maximum Gasteiger partial charge on any atom is 0.433 e. The van der Waals surface area contributed by atoms with Gasteiger partial charge in [-0.25, -0.2) is 0 Å². The summed E-state index contributed by atoms with van der Waals surface area (Å²) in [6, 6.07) is 0. The summed E-state index contributed by atoms with van der Waals surface area (Å²) >= 11 is 0. The van der Waals surface area contributed by atoms with E-state index in [1.807, 2.05) is 20.8 Å². The van der Waals surface area contributed by atoms with Crippen molar-refractivity contribution in [2.24, 2.45) is 4.99 Å². The van der Waals surface area contributed by atoms with E-state index in [0.29, 0.717) is 0 Å². The molecule has 16 heavy (non-hydrogen) atoms. The van der Waals surface area contributed by atoms with Crippen molar-refractivity contribution in [3.63, 3.8) is 0 Å². The fraction of sp³-hybridized carbons (Fsp3) is 0.583. The number of aliphatic imine (C=N–C) groups is 1. The maximum atomic E-state index is 12.3.